The number of ether oxygens (including phenoxy) is 1. The molecule has 0 fully saturated rings. The first kappa shape index (κ1) is 12.6. The number of pyridine rings is 1. The molecular weight excluding hydrogens is 226 g/mol. The first-order valence-corrected chi connectivity index (χ1v) is 6.08. The van der Waals surface area contributed by atoms with Crippen molar-refractivity contribution in [3.8, 4) is 5.75 Å². The molecule has 1 heterocycles. The summed E-state index contributed by atoms with van der Waals surface area (Å²) in [5.41, 5.74) is 7.34. The third kappa shape index (κ3) is 3.11. The van der Waals surface area contributed by atoms with E-state index in [2.05, 4.69) is 24.0 Å². The Labute approximate surface area is 107 Å². The van der Waals surface area contributed by atoms with E-state index in [0.717, 1.165) is 35.3 Å². The zero-order chi connectivity index (χ0) is 13.0. The molecular formula is C14H19N3O. The number of hydrogen-bond acceptors (Lipinski definition) is 4. The minimum absolute atomic E-state index is 0.710. The summed E-state index contributed by atoms with van der Waals surface area (Å²) in [6, 6.07) is 7.59. The van der Waals surface area contributed by atoms with E-state index in [0.29, 0.717) is 6.61 Å². The van der Waals surface area contributed by atoms with Crippen LogP contribution >= 0.6 is 0 Å². The summed E-state index contributed by atoms with van der Waals surface area (Å²) >= 11 is 0. The predicted molar refractivity (Wildman–Crippen MR) is 74.8 cm³/mol. The molecule has 0 unspecified atom stereocenters. The van der Waals surface area contributed by atoms with Gasteiger partial charge in [0, 0.05) is 23.8 Å². The Bertz CT molecular complexity index is 525. The van der Waals surface area contributed by atoms with Crippen molar-refractivity contribution in [1.29, 1.82) is 0 Å². The number of aromatic nitrogens is 1. The Kier molecular flexibility index (Phi) is 3.99. The Morgan fingerprint density at radius 2 is 2.11 bits per heavy atom. The van der Waals surface area contributed by atoms with Crippen molar-refractivity contribution in [3.05, 3.63) is 30.5 Å². The molecule has 0 spiro atoms. The number of nitrogens with two attached hydrogens (primary N) is 1. The summed E-state index contributed by atoms with van der Waals surface area (Å²) in [6.07, 6.45) is 2.76. The number of fused-ring (bicyclic) bond motifs is 1. The monoisotopic (exact) mass is 245 g/mol. The molecule has 18 heavy (non-hydrogen) atoms. The minimum Gasteiger partial charge on any atom is -0.493 e. The van der Waals surface area contributed by atoms with E-state index in [-0.39, 0.29) is 0 Å². The number of rotatable bonds is 5. The average Bonchev–Trinajstić information content (AvgIpc) is 2.34. The standard InChI is InChI=1S/C14H19N3O/c1-17(2)8-3-9-18-14-6-7-16-13-10-11(15)4-5-12(13)14/h4-7,10H,3,8-9,15H2,1-2H3. The number of benzene rings is 1. The zero-order valence-corrected chi connectivity index (χ0v) is 10.9. The van der Waals surface area contributed by atoms with Gasteiger partial charge in [0.1, 0.15) is 5.75 Å². The van der Waals surface area contributed by atoms with Gasteiger partial charge >= 0.3 is 0 Å². The first-order valence-electron chi connectivity index (χ1n) is 6.08. The van der Waals surface area contributed by atoms with E-state index >= 15 is 0 Å². The molecule has 0 aliphatic rings. The second-order valence-corrected chi connectivity index (χ2v) is 4.59. The second-order valence-electron chi connectivity index (χ2n) is 4.59. The van der Waals surface area contributed by atoms with E-state index < -0.39 is 0 Å². The van der Waals surface area contributed by atoms with Gasteiger partial charge in [0.25, 0.3) is 0 Å². The fraction of sp³-hybridized carbons (Fsp3) is 0.357. The summed E-state index contributed by atoms with van der Waals surface area (Å²) in [5, 5.41) is 1.01. The van der Waals surface area contributed by atoms with Crippen LogP contribution in [0.25, 0.3) is 10.9 Å². The Balaban J connectivity index is 2.08. The molecule has 2 aromatic rings. The normalized spacial score (nSPS) is 11.1. The number of nitrogen functional groups attached to an aromatic ring is 1. The highest BCUT2D eigenvalue weighted by Crippen LogP contribution is 2.25. The molecule has 2 rings (SSSR count). The number of nitrogens with zero attached hydrogens (tertiary/aromatic N) is 2. The third-order valence-electron chi connectivity index (χ3n) is 2.73. The molecule has 96 valence electrons. The van der Waals surface area contributed by atoms with Crippen LogP contribution in [-0.4, -0.2) is 37.1 Å². The molecule has 4 nitrogen and oxygen atoms in total. The van der Waals surface area contributed by atoms with Crippen molar-refractivity contribution in [2.24, 2.45) is 0 Å². The molecule has 1 aromatic heterocycles. The maximum absolute atomic E-state index is 5.80. The predicted octanol–water partition coefficient (Wildman–Crippen LogP) is 2.15. The summed E-state index contributed by atoms with van der Waals surface area (Å²) in [5.74, 6) is 0.874. The Morgan fingerprint density at radius 3 is 2.89 bits per heavy atom. The molecule has 2 N–H and O–H groups in total. The minimum atomic E-state index is 0.710. The quantitative estimate of drug-likeness (QED) is 0.647. The fourth-order valence-corrected chi connectivity index (χ4v) is 1.83. The van der Waals surface area contributed by atoms with Gasteiger partial charge in [-0.3, -0.25) is 4.98 Å². The molecule has 4 heteroatoms. The molecule has 0 aliphatic heterocycles. The highest BCUT2D eigenvalue weighted by Gasteiger charge is 2.03. The van der Waals surface area contributed by atoms with Crippen LogP contribution in [-0.2, 0) is 0 Å². The lowest BCUT2D eigenvalue weighted by Gasteiger charge is -2.11. The van der Waals surface area contributed by atoms with Crippen LogP contribution in [0.3, 0.4) is 0 Å². The molecule has 0 atom stereocenters. The molecule has 0 aliphatic carbocycles. The first-order chi connectivity index (χ1) is 8.66. The highest BCUT2D eigenvalue weighted by atomic mass is 16.5. The van der Waals surface area contributed by atoms with Crippen LogP contribution in [0.5, 0.6) is 5.75 Å². The van der Waals surface area contributed by atoms with Crippen molar-refractivity contribution < 1.29 is 4.74 Å². The van der Waals surface area contributed by atoms with E-state index in [4.69, 9.17) is 10.5 Å². The number of hydrogen-bond donors (Lipinski definition) is 1. The van der Waals surface area contributed by atoms with E-state index in [1.807, 2.05) is 24.3 Å². The van der Waals surface area contributed by atoms with Crippen molar-refractivity contribution in [3.63, 3.8) is 0 Å². The van der Waals surface area contributed by atoms with Crippen molar-refractivity contribution in [2.75, 3.05) is 33.0 Å². The van der Waals surface area contributed by atoms with Crippen LogP contribution in [0, 0.1) is 0 Å². The van der Waals surface area contributed by atoms with Crippen molar-refractivity contribution in [1.82, 2.24) is 9.88 Å². The maximum Gasteiger partial charge on any atom is 0.130 e. The Hall–Kier alpha value is -1.81. The van der Waals surface area contributed by atoms with Crippen LogP contribution in [0.15, 0.2) is 30.5 Å². The lowest BCUT2D eigenvalue weighted by molar-refractivity contribution is 0.284. The maximum atomic E-state index is 5.80. The molecule has 0 saturated carbocycles. The molecule has 1 aromatic carbocycles. The van der Waals surface area contributed by atoms with Gasteiger partial charge in [-0.15, -0.1) is 0 Å². The van der Waals surface area contributed by atoms with Gasteiger partial charge in [-0.25, -0.2) is 0 Å². The largest absolute Gasteiger partial charge is 0.493 e. The van der Waals surface area contributed by atoms with Gasteiger partial charge in [0.05, 0.1) is 12.1 Å². The van der Waals surface area contributed by atoms with Crippen molar-refractivity contribution >= 4 is 16.6 Å². The summed E-state index contributed by atoms with van der Waals surface area (Å²) < 4.78 is 5.80. The van der Waals surface area contributed by atoms with Gasteiger partial charge in [0.2, 0.25) is 0 Å². The van der Waals surface area contributed by atoms with Gasteiger partial charge < -0.3 is 15.4 Å². The highest BCUT2D eigenvalue weighted by molar-refractivity contribution is 5.87. The van der Waals surface area contributed by atoms with E-state index in [1.165, 1.54) is 0 Å². The molecule has 0 saturated heterocycles. The van der Waals surface area contributed by atoms with Crippen LogP contribution in [0.2, 0.25) is 0 Å². The molecule has 0 radical (unpaired) electrons. The van der Waals surface area contributed by atoms with E-state index in [9.17, 15) is 0 Å². The average molecular weight is 245 g/mol. The summed E-state index contributed by atoms with van der Waals surface area (Å²) in [6.45, 7) is 1.73. The van der Waals surface area contributed by atoms with Crippen LogP contribution < -0.4 is 10.5 Å². The van der Waals surface area contributed by atoms with Crippen molar-refractivity contribution in [2.45, 2.75) is 6.42 Å². The topological polar surface area (TPSA) is 51.4 Å². The van der Waals surface area contributed by atoms with Gasteiger partial charge in [-0.2, -0.15) is 0 Å². The summed E-state index contributed by atoms with van der Waals surface area (Å²) in [4.78, 5) is 6.44. The lowest BCUT2D eigenvalue weighted by Crippen LogP contribution is -2.15. The van der Waals surface area contributed by atoms with E-state index in [1.54, 1.807) is 6.20 Å². The second kappa shape index (κ2) is 5.69. The number of anilines is 1. The zero-order valence-electron chi connectivity index (χ0n) is 10.9. The molecule has 0 amide bonds. The lowest BCUT2D eigenvalue weighted by atomic mass is 10.2. The molecule has 0 bridgehead atoms. The van der Waals surface area contributed by atoms with Gasteiger partial charge in [0.15, 0.2) is 0 Å². The third-order valence-corrected chi connectivity index (χ3v) is 2.73. The smallest absolute Gasteiger partial charge is 0.130 e. The van der Waals surface area contributed by atoms with Gasteiger partial charge in [-0.1, -0.05) is 0 Å². The summed E-state index contributed by atoms with van der Waals surface area (Å²) in [7, 11) is 4.12. The van der Waals surface area contributed by atoms with Gasteiger partial charge in [-0.05, 0) is 44.8 Å². The van der Waals surface area contributed by atoms with Crippen LogP contribution in [0.1, 0.15) is 6.42 Å². The SMILES string of the molecule is CN(C)CCCOc1ccnc2cc(N)ccc12. The fourth-order valence-electron chi connectivity index (χ4n) is 1.83. The Morgan fingerprint density at radius 1 is 1.28 bits per heavy atom. The van der Waals surface area contributed by atoms with Crippen LogP contribution in [0.4, 0.5) is 5.69 Å².